The number of piperidine rings is 1. The molecular weight excluding hydrogens is 371 g/mol. The number of ether oxygens (including phenoxy) is 1. The molecule has 2 saturated heterocycles. The Morgan fingerprint density at radius 1 is 1.03 bits per heavy atom. The highest BCUT2D eigenvalue weighted by Crippen LogP contribution is 2.27. The second kappa shape index (κ2) is 8.74. The second-order valence-electron chi connectivity index (χ2n) is 7.65. The molecule has 2 aliphatic heterocycles. The van der Waals surface area contributed by atoms with Crippen molar-refractivity contribution in [3.8, 4) is 11.1 Å². The molecular formula is C23H25FN2O3. The molecule has 6 heteroatoms. The number of hydrogen-bond acceptors (Lipinski definition) is 3. The van der Waals surface area contributed by atoms with Crippen LogP contribution in [-0.2, 0) is 14.3 Å². The number of amides is 2. The van der Waals surface area contributed by atoms with E-state index in [4.69, 9.17) is 4.74 Å². The highest BCUT2D eigenvalue weighted by Gasteiger charge is 2.32. The zero-order chi connectivity index (χ0) is 20.2. The second-order valence-corrected chi connectivity index (χ2v) is 7.65. The fourth-order valence-corrected chi connectivity index (χ4v) is 4.04. The van der Waals surface area contributed by atoms with Crippen molar-refractivity contribution >= 4 is 17.5 Å². The summed E-state index contributed by atoms with van der Waals surface area (Å²) < 4.78 is 19.5. The third-order valence-corrected chi connectivity index (χ3v) is 5.70. The van der Waals surface area contributed by atoms with Gasteiger partial charge < -0.3 is 15.0 Å². The number of halogens is 1. The lowest BCUT2D eigenvalue weighted by atomic mass is 9.95. The fourth-order valence-electron chi connectivity index (χ4n) is 4.04. The van der Waals surface area contributed by atoms with Gasteiger partial charge in [-0.15, -0.1) is 0 Å². The molecule has 0 bridgehead atoms. The van der Waals surface area contributed by atoms with Crippen LogP contribution >= 0.6 is 0 Å². The third kappa shape index (κ3) is 4.48. The number of benzene rings is 2. The summed E-state index contributed by atoms with van der Waals surface area (Å²) in [6.45, 7) is 1.80. The van der Waals surface area contributed by atoms with E-state index in [9.17, 15) is 14.0 Å². The molecule has 2 amide bonds. The molecule has 29 heavy (non-hydrogen) atoms. The third-order valence-electron chi connectivity index (χ3n) is 5.70. The molecule has 0 aromatic heterocycles. The van der Waals surface area contributed by atoms with E-state index < -0.39 is 0 Å². The van der Waals surface area contributed by atoms with Gasteiger partial charge in [-0.3, -0.25) is 9.59 Å². The van der Waals surface area contributed by atoms with Crippen molar-refractivity contribution in [1.29, 1.82) is 0 Å². The maximum atomic E-state index is 14.0. The first-order valence-corrected chi connectivity index (χ1v) is 10.2. The van der Waals surface area contributed by atoms with Gasteiger partial charge in [0.15, 0.2) is 0 Å². The van der Waals surface area contributed by atoms with E-state index in [-0.39, 0.29) is 29.7 Å². The van der Waals surface area contributed by atoms with E-state index in [0.717, 1.165) is 18.4 Å². The average molecular weight is 396 g/mol. The summed E-state index contributed by atoms with van der Waals surface area (Å²) >= 11 is 0. The van der Waals surface area contributed by atoms with Crippen molar-refractivity contribution in [3.05, 3.63) is 54.3 Å². The summed E-state index contributed by atoms with van der Waals surface area (Å²) in [5.41, 5.74) is 1.87. The van der Waals surface area contributed by atoms with Crippen LogP contribution in [0.5, 0.6) is 0 Å². The first-order valence-electron chi connectivity index (χ1n) is 10.2. The van der Waals surface area contributed by atoms with Gasteiger partial charge in [0.05, 0.1) is 0 Å². The van der Waals surface area contributed by atoms with Crippen molar-refractivity contribution in [3.63, 3.8) is 0 Å². The molecule has 4 rings (SSSR count). The minimum Gasteiger partial charge on any atom is -0.368 e. The lowest BCUT2D eigenvalue weighted by molar-refractivity contribution is -0.143. The zero-order valence-corrected chi connectivity index (χ0v) is 16.3. The summed E-state index contributed by atoms with van der Waals surface area (Å²) in [7, 11) is 0. The fraction of sp³-hybridized carbons (Fsp3) is 0.391. The summed E-state index contributed by atoms with van der Waals surface area (Å²) in [6.07, 6.45) is 2.69. The molecule has 0 radical (unpaired) electrons. The molecule has 152 valence electrons. The van der Waals surface area contributed by atoms with Gasteiger partial charge in [0, 0.05) is 36.9 Å². The zero-order valence-electron chi connectivity index (χ0n) is 16.3. The van der Waals surface area contributed by atoms with Crippen LogP contribution in [0.3, 0.4) is 0 Å². The number of hydrogen-bond donors (Lipinski definition) is 1. The number of nitrogens with one attached hydrogen (secondary N) is 1. The van der Waals surface area contributed by atoms with E-state index in [0.29, 0.717) is 43.8 Å². The summed E-state index contributed by atoms with van der Waals surface area (Å²) in [4.78, 5) is 27.0. The molecule has 2 fully saturated rings. The largest absolute Gasteiger partial charge is 0.368 e. The Balaban J connectivity index is 1.35. The minimum absolute atomic E-state index is 0.0546. The average Bonchev–Trinajstić information content (AvgIpc) is 3.29. The van der Waals surface area contributed by atoms with Crippen molar-refractivity contribution in [1.82, 2.24) is 4.90 Å². The molecule has 1 N–H and O–H groups in total. The van der Waals surface area contributed by atoms with Gasteiger partial charge in [-0.25, -0.2) is 4.39 Å². The molecule has 2 aromatic carbocycles. The molecule has 5 nitrogen and oxygen atoms in total. The number of carbonyl (C=O) groups excluding carboxylic acids is 2. The normalized spacial score (nSPS) is 19.9. The SMILES string of the molecule is O=C(Nc1cccc(-c2ccccc2F)c1)C1CCN(C(=O)[C@H]2CCCO2)CC1. The van der Waals surface area contributed by atoms with Gasteiger partial charge in [-0.2, -0.15) is 0 Å². The predicted molar refractivity (Wildman–Crippen MR) is 109 cm³/mol. The quantitative estimate of drug-likeness (QED) is 0.854. The van der Waals surface area contributed by atoms with Crippen molar-refractivity contribution in [2.24, 2.45) is 5.92 Å². The maximum Gasteiger partial charge on any atom is 0.251 e. The number of anilines is 1. The summed E-state index contributed by atoms with van der Waals surface area (Å²) in [6, 6.07) is 13.8. The van der Waals surface area contributed by atoms with Gasteiger partial charge in [-0.05, 0) is 49.4 Å². The van der Waals surface area contributed by atoms with Crippen LogP contribution in [0.1, 0.15) is 25.7 Å². The summed E-state index contributed by atoms with van der Waals surface area (Å²) in [5, 5.41) is 2.95. The molecule has 0 unspecified atom stereocenters. The van der Waals surface area contributed by atoms with Crippen LogP contribution in [0.15, 0.2) is 48.5 Å². The van der Waals surface area contributed by atoms with Gasteiger partial charge in [0.2, 0.25) is 5.91 Å². The molecule has 2 aliphatic rings. The van der Waals surface area contributed by atoms with Crippen LogP contribution in [0, 0.1) is 11.7 Å². The Bertz CT molecular complexity index is 887. The lowest BCUT2D eigenvalue weighted by Crippen LogP contribution is -2.45. The monoisotopic (exact) mass is 396 g/mol. The van der Waals surface area contributed by atoms with E-state index in [2.05, 4.69) is 5.32 Å². The molecule has 2 aromatic rings. The van der Waals surface area contributed by atoms with Crippen molar-refractivity contribution in [2.45, 2.75) is 31.8 Å². The van der Waals surface area contributed by atoms with Gasteiger partial charge in [0.25, 0.3) is 5.91 Å². The van der Waals surface area contributed by atoms with Crippen molar-refractivity contribution in [2.75, 3.05) is 25.0 Å². The number of likely N-dealkylation sites (tertiary alicyclic amines) is 1. The highest BCUT2D eigenvalue weighted by atomic mass is 19.1. The topological polar surface area (TPSA) is 58.6 Å². The Morgan fingerprint density at radius 2 is 1.83 bits per heavy atom. The van der Waals surface area contributed by atoms with Gasteiger partial charge >= 0.3 is 0 Å². The molecule has 0 spiro atoms. The Morgan fingerprint density at radius 3 is 2.55 bits per heavy atom. The first kappa shape index (κ1) is 19.6. The van der Waals surface area contributed by atoms with Crippen LogP contribution in [0.25, 0.3) is 11.1 Å². The first-order chi connectivity index (χ1) is 14.1. The summed E-state index contributed by atoms with van der Waals surface area (Å²) in [5.74, 6) is -0.432. The Kier molecular flexibility index (Phi) is 5.90. The minimum atomic E-state index is -0.304. The number of nitrogens with zero attached hydrogens (tertiary/aromatic N) is 1. The number of carbonyl (C=O) groups is 2. The van der Waals surface area contributed by atoms with E-state index in [1.807, 2.05) is 11.0 Å². The maximum absolute atomic E-state index is 14.0. The highest BCUT2D eigenvalue weighted by molar-refractivity contribution is 5.93. The van der Waals surface area contributed by atoms with Crippen LogP contribution in [0.4, 0.5) is 10.1 Å². The Hall–Kier alpha value is -2.73. The smallest absolute Gasteiger partial charge is 0.251 e. The van der Waals surface area contributed by atoms with Crippen LogP contribution in [0.2, 0.25) is 0 Å². The molecule has 2 heterocycles. The lowest BCUT2D eigenvalue weighted by Gasteiger charge is -2.32. The van der Waals surface area contributed by atoms with E-state index in [1.165, 1.54) is 6.07 Å². The van der Waals surface area contributed by atoms with E-state index >= 15 is 0 Å². The Labute approximate surface area is 169 Å². The molecule has 0 saturated carbocycles. The van der Waals surface area contributed by atoms with Crippen LogP contribution in [-0.4, -0.2) is 42.5 Å². The van der Waals surface area contributed by atoms with Gasteiger partial charge in [-0.1, -0.05) is 30.3 Å². The van der Waals surface area contributed by atoms with E-state index in [1.54, 1.807) is 36.4 Å². The predicted octanol–water partition coefficient (Wildman–Crippen LogP) is 3.85. The van der Waals surface area contributed by atoms with Crippen LogP contribution < -0.4 is 5.32 Å². The standard InChI is InChI=1S/C23H25FN2O3/c24-20-8-2-1-7-19(20)17-5-3-6-18(15-17)25-22(27)16-10-12-26(13-11-16)23(28)21-9-4-14-29-21/h1-3,5-8,15-16,21H,4,9-14H2,(H,25,27)/t21-/m1/s1. The van der Waals surface area contributed by atoms with Crippen molar-refractivity contribution < 1.29 is 18.7 Å². The molecule has 0 aliphatic carbocycles. The van der Waals surface area contributed by atoms with Gasteiger partial charge in [0.1, 0.15) is 11.9 Å². The number of rotatable bonds is 4. The molecule has 1 atom stereocenters.